The van der Waals surface area contributed by atoms with E-state index in [0.717, 1.165) is 0 Å². The maximum atomic E-state index is 13.2. The SMILES string of the molecule is CC(=O)NC(C)(C)/C=C/n1ncc(C(=O)NC2C3CCCC2CCC3)c1OCC(C)C. The number of carbonyl (C=O) groups is 2. The van der Waals surface area contributed by atoms with Crippen LogP contribution in [0.25, 0.3) is 6.20 Å². The van der Waals surface area contributed by atoms with Crippen molar-refractivity contribution in [2.75, 3.05) is 6.61 Å². The summed E-state index contributed by atoms with van der Waals surface area (Å²) in [5.74, 6) is 1.72. The van der Waals surface area contributed by atoms with Gasteiger partial charge in [-0.3, -0.25) is 9.59 Å². The van der Waals surface area contributed by atoms with Crippen molar-refractivity contribution in [2.45, 2.75) is 84.7 Å². The predicted octanol–water partition coefficient (Wildman–Crippen LogP) is 4.00. The van der Waals surface area contributed by atoms with Crippen molar-refractivity contribution in [1.82, 2.24) is 20.4 Å². The fourth-order valence-electron chi connectivity index (χ4n) is 4.90. The molecule has 0 saturated heterocycles. The molecule has 2 fully saturated rings. The summed E-state index contributed by atoms with van der Waals surface area (Å²) in [5.41, 5.74) is -0.0824. The number of amides is 2. The van der Waals surface area contributed by atoms with Gasteiger partial charge in [0.05, 0.1) is 18.3 Å². The molecule has 2 N–H and O–H groups in total. The van der Waals surface area contributed by atoms with Gasteiger partial charge >= 0.3 is 0 Å². The maximum Gasteiger partial charge on any atom is 0.258 e. The Bertz CT molecular complexity index is 790. The lowest BCUT2D eigenvalue weighted by Gasteiger charge is -2.42. The molecule has 2 saturated carbocycles. The molecular weight excluding hydrogens is 392 g/mol. The van der Waals surface area contributed by atoms with Crippen molar-refractivity contribution in [3.63, 3.8) is 0 Å². The number of nitrogens with zero attached hydrogens (tertiary/aromatic N) is 2. The first-order chi connectivity index (χ1) is 14.7. The van der Waals surface area contributed by atoms with Gasteiger partial charge in [0.25, 0.3) is 5.91 Å². The summed E-state index contributed by atoms with van der Waals surface area (Å²) in [6, 6.07) is 0.255. The van der Waals surface area contributed by atoms with Gasteiger partial charge in [-0.05, 0) is 63.4 Å². The molecule has 0 unspecified atom stereocenters. The van der Waals surface area contributed by atoms with Crippen LogP contribution >= 0.6 is 0 Å². The number of hydrogen-bond donors (Lipinski definition) is 2. The molecule has 1 aromatic heterocycles. The minimum absolute atomic E-state index is 0.107. The van der Waals surface area contributed by atoms with E-state index in [2.05, 4.69) is 29.6 Å². The monoisotopic (exact) mass is 430 g/mol. The van der Waals surface area contributed by atoms with Gasteiger partial charge in [0, 0.05) is 19.2 Å². The molecule has 2 bridgehead atoms. The summed E-state index contributed by atoms with van der Waals surface area (Å²) >= 11 is 0. The smallest absolute Gasteiger partial charge is 0.258 e. The van der Waals surface area contributed by atoms with Crippen molar-refractivity contribution < 1.29 is 14.3 Å². The van der Waals surface area contributed by atoms with Crippen LogP contribution in [0.3, 0.4) is 0 Å². The third kappa shape index (κ3) is 6.11. The van der Waals surface area contributed by atoms with Crippen molar-refractivity contribution in [1.29, 1.82) is 0 Å². The van der Waals surface area contributed by atoms with E-state index in [1.165, 1.54) is 45.4 Å². The lowest BCUT2D eigenvalue weighted by atomic mass is 9.68. The molecule has 0 atom stereocenters. The van der Waals surface area contributed by atoms with Crippen LogP contribution in [0.4, 0.5) is 0 Å². The van der Waals surface area contributed by atoms with E-state index in [0.29, 0.717) is 35.8 Å². The molecule has 0 aromatic carbocycles. The normalized spacial score (nSPS) is 23.7. The quantitative estimate of drug-likeness (QED) is 0.653. The third-order valence-electron chi connectivity index (χ3n) is 6.29. The number of nitrogens with one attached hydrogen (secondary N) is 2. The third-order valence-corrected chi connectivity index (χ3v) is 6.29. The lowest BCUT2D eigenvalue weighted by Crippen LogP contribution is -2.49. The minimum Gasteiger partial charge on any atom is -0.477 e. The Hall–Kier alpha value is -2.31. The van der Waals surface area contributed by atoms with Crippen LogP contribution in [-0.2, 0) is 4.79 Å². The van der Waals surface area contributed by atoms with E-state index >= 15 is 0 Å². The van der Waals surface area contributed by atoms with Crippen LogP contribution in [0.2, 0.25) is 0 Å². The van der Waals surface area contributed by atoms with E-state index in [9.17, 15) is 9.59 Å². The predicted molar refractivity (Wildman–Crippen MR) is 122 cm³/mol. The highest BCUT2D eigenvalue weighted by Gasteiger charge is 2.37. The first-order valence-electron chi connectivity index (χ1n) is 11.7. The zero-order valence-electron chi connectivity index (χ0n) is 19.6. The number of rotatable bonds is 8. The van der Waals surface area contributed by atoms with Crippen molar-refractivity contribution in [3.05, 3.63) is 17.8 Å². The van der Waals surface area contributed by atoms with Crippen molar-refractivity contribution >= 4 is 18.0 Å². The van der Waals surface area contributed by atoms with E-state index in [1.807, 2.05) is 19.9 Å². The average molecular weight is 431 g/mol. The van der Waals surface area contributed by atoms with Gasteiger partial charge in [-0.2, -0.15) is 5.10 Å². The molecule has 2 aliphatic rings. The fourth-order valence-corrected chi connectivity index (χ4v) is 4.90. The van der Waals surface area contributed by atoms with Crippen LogP contribution in [0.15, 0.2) is 12.3 Å². The van der Waals surface area contributed by atoms with Gasteiger partial charge in [-0.25, -0.2) is 4.68 Å². The number of aromatic nitrogens is 2. The second-order valence-electron chi connectivity index (χ2n) is 10.1. The highest BCUT2D eigenvalue weighted by molar-refractivity contribution is 5.96. The Labute approximate surface area is 186 Å². The Morgan fingerprint density at radius 3 is 2.39 bits per heavy atom. The molecule has 2 aliphatic carbocycles. The number of hydrogen-bond acceptors (Lipinski definition) is 4. The summed E-state index contributed by atoms with van der Waals surface area (Å²) in [4.78, 5) is 24.7. The zero-order valence-corrected chi connectivity index (χ0v) is 19.6. The first-order valence-corrected chi connectivity index (χ1v) is 11.7. The average Bonchev–Trinajstić information content (AvgIpc) is 3.06. The second kappa shape index (κ2) is 9.88. The van der Waals surface area contributed by atoms with Gasteiger partial charge in [0.2, 0.25) is 11.8 Å². The van der Waals surface area contributed by atoms with Crippen LogP contribution < -0.4 is 15.4 Å². The second-order valence-corrected chi connectivity index (χ2v) is 10.1. The van der Waals surface area contributed by atoms with Crippen molar-refractivity contribution in [3.8, 4) is 5.88 Å². The Morgan fingerprint density at radius 1 is 1.23 bits per heavy atom. The van der Waals surface area contributed by atoms with E-state index < -0.39 is 5.54 Å². The number of fused-ring (bicyclic) bond motifs is 2. The Kier molecular flexibility index (Phi) is 7.44. The molecule has 0 aliphatic heterocycles. The summed E-state index contributed by atoms with van der Waals surface area (Å²) in [5, 5.41) is 10.6. The molecule has 7 nitrogen and oxygen atoms in total. The van der Waals surface area contributed by atoms with Crippen LogP contribution in [-0.4, -0.2) is 39.8 Å². The molecular formula is C24H38N4O3. The minimum atomic E-state index is -0.547. The van der Waals surface area contributed by atoms with Crippen LogP contribution in [0.1, 0.15) is 83.5 Å². The molecule has 0 spiro atoms. The Balaban J connectivity index is 1.80. The molecule has 1 heterocycles. The van der Waals surface area contributed by atoms with Crippen LogP contribution in [0, 0.1) is 17.8 Å². The first kappa shape index (κ1) is 23.4. The van der Waals surface area contributed by atoms with Gasteiger partial charge < -0.3 is 15.4 Å². The van der Waals surface area contributed by atoms with E-state index in [1.54, 1.807) is 17.1 Å². The van der Waals surface area contributed by atoms with E-state index in [4.69, 9.17) is 4.74 Å². The standard InChI is InChI=1S/C24H38N4O3/c1-16(2)15-31-23-20(14-25-28(23)13-12-24(4,5)27-17(3)29)22(30)26-21-18-8-6-9-19(21)11-7-10-18/h12-14,16,18-19,21H,6-11,15H2,1-5H3,(H,26,30)(H,27,29)/b13-12+. The molecule has 0 radical (unpaired) electrons. The fraction of sp³-hybridized carbons (Fsp3) is 0.708. The largest absolute Gasteiger partial charge is 0.477 e. The number of ether oxygens (including phenoxy) is 1. The molecule has 31 heavy (non-hydrogen) atoms. The number of carbonyl (C=O) groups excluding carboxylic acids is 2. The van der Waals surface area contributed by atoms with Crippen molar-refractivity contribution in [2.24, 2.45) is 17.8 Å². The summed E-state index contributed by atoms with van der Waals surface area (Å²) < 4.78 is 7.61. The van der Waals surface area contributed by atoms with Gasteiger partial charge in [-0.1, -0.05) is 26.7 Å². The lowest BCUT2D eigenvalue weighted by molar-refractivity contribution is -0.120. The maximum absolute atomic E-state index is 13.2. The zero-order chi connectivity index (χ0) is 22.6. The molecule has 172 valence electrons. The topological polar surface area (TPSA) is 85.2 Å². The summed E-state index contributed by atoms with van der Waals surface area (Å²) in [6.45, 7) is 9.92. The molecule has 3 rings (SSSR count). The molecule has 7 heteroatoms. The summed E-state index contributed by atoms with van der Waals surface area (Å²) in [6.07, 6.45) is 12.6. The highest BCUT2D eigenvalue weighted by atomic mass is 16.5. The highest BCUT2D eigenvalue weighted by Crippen LogP contribution is 2.40. The van der Waals surface area contributed by atoms with Gasteiger partial charge in [0.15, 0.2) is 0 Å². The molecule has 2 amide bonds. The van der Waals surface area contributed by atoms with Gasteiger partial charge in [0.1, 0.15) is 5.56 Å². The summed E-state index contributed by atoms with van der Waals surface area (Å²) in [7, 11) is 0. The Morgan fingerprint density at radius 2 is 1.84 bits per heavy atom. The van der Waals surface area contributed by atoms with Gasteiger partial charge in [-0.15, -0.1) is 0 Å². The van der Waals surface area contributed by atoms with Crippen LogP contribution in [0.5, 0.6) is 5.88 Å². The molecule has 1 aromatic rings. The van der Waals surface area contributed by atoms with E-state index in [-0.39, 0.29) is 17.9 Å².